The number of hydrogen-bond donors (Lipinski definition) is 0. The van der Waals surface area contributed by atoms with Gasteiger partial charge in [-0.25, -0.2) is 4.79 Å². The Morgan fingerprint density at radius 3 is 2.38 bits per heavy atom. The van der Waals surface area contributed by atoms with Crippen molar-refractivity contribution in [2.24, 2.45) is 0 Å². The van der Waals surface area contributed by atoms with Crippen molar-refractivity contribution < 1.29 is 19.2 Å². The maximum atomic E-state index is 11.3. The van der Waals surface area contributed by atoms with Crippen LogP contribution in [0.5, 0.6) is 0 Å². The molecule has 0 radical (unpaired) electrons. The lowest BCUT2D eigenvalue weighted by atomic mass is 10.2. The summed E-state index contributed by atoms with van der Waals surface area (Å²) in [6.45, 7) is 3.74. The third-order valence-corrected chi connectivity index (χ3v) is 3.15. The number of amides is 2. The third kappa shape index (κ3) is 3.58. The van der Waals surface area contributed by atoms with Crippen molar-refractivity contribution >= 4 is 40.4 Å². The molecule has 1 saturated heterocycles. The number of alkyl halides is 1. The summed E-state index contributed by atoms with van der Waals surface area (Å²) < 4.78 is 0.770. The average molecular weight is 337 g/mol. The molecule has 88 valence electrons. The molecule has 6 heteroatoms. The Kier molecular flexibility index (Phi) is 4.91. The number of halogens is 1. The molecule has 0 bridgehead atoms. The van der Waals surface area contributed by atoms with Crippen molar-refractivity contribution in [3.05, 3.63) is 12.2 Å². The molecule has 0 spiro atoms. The highest BCUT2D eigenvalue weighted by atomic mass is 127. The van der Waals surface area contributed by atoms with Gasteiger partial charge in [-0.2, -0.15) is 0 Å². The van der Waals surface area contributed by atoms with Crippen LogP contribution in [-0.4, -0.2) is 27.3 Å². The van der Waals surface area contributed by atoms with Crippen LogP contribution >= 0.6 is 22.6 Å². The lowest BCUT2D eigenvalue weighted by Gasteiger charge is -2.12. The molecule has 1 fully saturated rings. The smallest absolute Gasteiger partial charge is 0.330 e. The maximum Gasteiger partial charge on any atom is 0.333 e. The van der Waals surface area contributed by atoms with Gasteiger partial charge in [-0.15, -0.1) is 5.06 Å². The minimum Gasteiger partial charge on any atom is -0.330 e. The van der Waals surface area contributed by atoms with Crippen molar-refractivity contribution in [3.63, 3.8) is 0 Å². The van der Waals surface area contributed by atoms with Crippen molar-refractivity contribution in [1.82, 2.24) is 5.06 Å². The molecular weight excluding hydrogens is 325 g/mol. The SMILES string of the molecule is C=C(CI)CCC(=O)ON1C(=O)CCC1=O. The van der Waals surface area contributed by atoms with E-state index in [1.807, 2.05) is 0 Å². The van der Waals surface area contributed by atoms with Crippen LogP contribution in [0.1, 0.15) is 25.7 Å². The molecule has 0 aliphatic carbocycles. The molecule has 1 rings (SSSR count). The number of nitrogens with zero attached hydrogens (tertiary/aromatic N) is 1. The standard InChI is InChI=1S/C10H12INO4/c1-7(6-11)2-5-10(15)16-12-8(13)3-4-9(12)14/h1-6H2. The van der Waals surface area contributed by atoms with Crippen LogP contribution in [0.25, 0.3) is 0 Å². The van der Waals surface area contributed by atoms with E-state index in [-0.39, 0.29) is 19.3 Å². The molecule has 0 saturated carbocycles. The topological polar surface area (TPSA) is 63.7 Å². The normalized spacial score (nSPS) is 15.4. The largest absolute Gasteiger partial charge is 0.333 e. The van der Waals surface area contributed by atoms with Crippen molar-refractivity contribution in [2.45, 2.75) is 25.7 Å². The highest BCUT2D eigenvalue weighted by molar-refractivity contribution is 14.1. The number of rotatable bonds is 5. The van der Waals surface area contributed by atoms with Gasteiger partial charge in [0.05, 0.1) is 6.42 Å². The van der Waals surface area contributed by atoms with Crippen LogP contribution in [0.4, 0.5) is 0 Å². The lowest BCUT2D eigenvalue weighted by molar-refractivity contribution is -0.197. The monoisotopic (exact) mass is 337 g/mol. The molecule has 0 aromatic heterocycles. The molecular formula is C10H12INO4. The van der Waals surface area contributed by atoms with Crippen LogP contribution in [0.2, 0.25) is 0 Å². The Labute approximate surface area is 107 Å². The molecule has 0 unspecified atom stereocenters. The first-order valence-corrected chi connectivity index (χ1v) is 6.36. The van der Waals surface area contributed by atoms with E-state index < -0.39 is 17.8 Å². The Balaban J connectivity index is 2.36. The molecule has 1 aliphatic rings. The summed E-state index contributed by atoms with van der Waals surface area (Å²) in [6.07, 6.45) is 0.885. The predicted octanol–water partition coefficient (Wildman–Crippen LogP) is 1.37. The van der Waals surface area contributed by atoms with Crippen molar-refractivity contribution in [2.75, 3.05) is 4.43 Å². The minimum absolute atomic E-state index is 0.118. The predicted molar refractivity (Wildman–Crippen MR) is 64.4 cm³/mol. The second-order valence-electron chi connectivity index (χ2n) is 3.43. The van der Waals surface area contributed by atoms with Gasteiger partial charge in [-0.1, -0.05) is 34.7 Å². The van der Waals surface area contributed by atoms with Crippen LogP contribution in [0.15, 0.2) is 12.2 Å². The van der Waals surface area contributed by atoms with Crippen molar-refractivity contribution in [1.29, 1.82) is 0 Å². The second kappa shape index (κ2) is 5.97. The Morgan fingerprint density at radius 2 is 1.88 bits per heavy atom. The highest BCUT2D eigenvalue weighted by Gasteiger charge is 2.32. The molecule has 0 N–H and O–H groups in total. The van der Waals surface area contributed by atoms with E-state index in [1.165, 1.54) is 0 Å². The molecule has 1 heterocycles. The minimum atomic E-state index is -0.574. The van der Waals surface area contributed by atoms with Gasteiger partial charge >= 0.3 is 5.97 Å². The molecule has 0 atom stereocenters. The number of imide groups is 1. The Morgan fingerprint density at radius 1 is 1.31 bits per heavy atom. The van der Waals surface area contributed by atoms with Gasteiger partial charge < -0.3 is 4.84 Å². The van der Waals surface area contributed by atoms with E-state index >= 15 is 0 Å². The first-order chi connectivity index (χ1) is 7.54. The average Bonchev–Trinajstić information content (AvgIpc) is 2.57. The number of allylic oxidation sites excluding steroid dienone is 1. The fourth-order valence-corrected chi connectivity index (χ4v) is 1.53. The fraction of sp³-hybridized carbons (Fsp3) is 0.500. The Hall–Kier alpha value is -0.920. The van der Waals surface area contributed by atoms with Crippen LogP contribution in [0, 0.1) is 0 Å². The molecule has 0 aromatic rings. The summed E-state index contributed by atoms with van der Waals surface area (Å²) in [5.41, 5.74) is 0.927. The zero-order chi connectivity index (χ0) is 12.1. The van der Waals surface area contributed by atoms with E-state index in [9.17, 15) is 14.4 Å². The van der Waals surface area contributed by atoms with E-state index in [0.29, 0.717) is 11.5 Å². The van der Waals surface area contributed by atoms with Gasteiger partial charge in [-0.05, 0) is 6.42 Å². The van der Waals surface area contributed by atoms with Crippen molar-refractivity contribution in [3.8, 4) is 0 Å². The summed E-state index contributed by atoms with van der Waals surface area (Å²) in [4.78, 5) is 38.2. The second-order valence-corrected chi connectivity index (χ2v) is 4.19. The van der Waals surface area contributed by atoms with E-state index in [0.717, 1.165) is 10.0 Å². The van der Waals surface area contributed by atoms with E-state index in [4.69, 9.17) is 0 Å². The summed E-state index contributed by atoms with van der Waals surface area (Å²) >= 11 is 2.15. The lowest BCUT2D eigenvalue weighted by Crippen LogP contribution is -2.31. The van der Waals surface area contributed by atoms with E-state index in [1.54, 1.807) is 0 Å². The number of carbonyl (C=O) groups excluding carboxylic acids is 3. The van der Waals surface area contributed by atoms with E-state index in [2.05, 4.69) is 34.0 Å². The first-order valence-electron chi connectivity index (χ1n) is 4.83. The van der Waals surface area contributed by atoms with Gasteiger partial charge in [0.2, 0.25) is 0 Å². The fourth-order valence-electron chi connectivity index (χ4n) is 1.15. The number of hydrogen-bond acceptors (Lipinski definition) is 4. The quantitative estimate of drug-likeness (QED) is 0.329. The summed E-state index contributed by atoms with van der Waals surface area (Å²) in [5.74, 6) is -1.48. The first kappa shape index (κ1) is 13.1. The van der Waals surface area contributed by atoms with Crippen LogP contribution < -0.4 is 0 Å². The number of carbonyl (C=O) groups is 3. The zero-order valence-corrected chi connectivity index (χ0v) is 10.9. The molecule has 16 heavy (non-hydrogen) atoms. The van der Waals surface area contributed by atoms with Gasteiger partial charge in [0, 0.05) is 17.3 Å². The van der Waals surface area contributed by atoms with Gasteiger partial charge in [0.25, 0.3) is 11.8 Å². The number of hydroxylamine groups is 2. The summed E-state index contributed by atoms with van der Waals surface area (Å²) in [6, 6.07) is 0. The highest BCUT2D eigenvalue weighted by Crippen LogP contribution is 2.14. The molecule has 5 nitrogen and oxygen atoms in total. The van der Waals surface area contributed by atoms with Gasteiger partial charge in [0.1, 0.15) is 0 Å². The zero-order valence-electron chi connectivity index (χ0n) is 8.70. The van der Waals surface area contributed by atoms with Gasteiger partial charge in [0.15, 0.2) is 0 Å². The third-order valence-electron chi connectivity index (χ3n) is 2.07. The summed E-state index contributed by atoms with van der Waals surface area (Å²) in [5, 5.41) is 0.565. The van der Waals surface area contributed by atoms with Gasteiger partial charge in [-0.3, -0.25) is 9.59 Å². The molecule has 2 amide bonds. The Bertz CT molecular complexity index is 324. The molecule has 1 aliphatic heterocycles. The van der Waals surface area contributed by atoms with Crippen LogP contribution in [0.3, 0.4) is 0 Å². The summed E-state index contributed by atoms with van der Waals surface area (Å²) in [7, 11) is 0. The molecule has 0 aromatic carbocycles. The van der Waals surface area contributed by atoms with Crippen LogP contribution in [-0.2, 0) is 19.2 Å². The maximum absolute atomic E-state index is 11.3.